The third-order valence-electron chi connectivity index (χ3n) is 6.81. The minimum Gasteiger partial charge on any atom is -0.385 e. The highest BCUT2D eigenvalue weighted by atomic mass is 16.5. The Balaban J connectivity index is 1.28. The molecular weight excluding hydrogens is 346 g/mol. The largest absolute Gasteiger partial charge is 0.385 e. The lowest BCUT2D eigenvalue weighted by molar-refractivity contribution is -0.138. The van der Waals surface area contributed by atoms with Crippen LogP contribution in [0.3, 0.4) is 0 Å². The van der Waals surface area contributed by atoms with E-state index in [1.54, 1.807) is 7.11 Å². The van der Waals surface area contributed by atoms with Crippen LogP contribution in [0, 0.1) is 11.3 Å². The van der Waals surface area contributed by atoms with Gasteiger partial charge in [-0.2, -0.15) is 0 Å². The van der Waals surface area contributed by atoms with Crippen LogP contribution in [-0.4, -0.2) is 84.9 Å². The van der Waals surface area contributed by atoms with Gasteiger partial charge in [-0.15, -0.1) is 0 Å². The molecule has 1 saturated carbocycles. The van der Waals surface area contributed by atoms with Gasteiger partial charge in [0.25, 0.3) is 0 Å². The normalized spacial score (nSPS) is 27.9. The fraction of sp³-hybridized carbons (Fsp3) is 0.850. The fourth-order valence-corrected chi connectivity index (χ4v) is 5.02. The maximum atomic E-state index is 12.9. The van der Waals surface area contributed by atoms with Gasteiger partial charge in [0.05, 0.1) is 5.92 Å². The number of amides is 3. The number of likely N-dealkylation sites (tertiary alicyclic amines) is 3. The Morgan fingerprint density at radius 2 is 1.93 bits per heavy atom. The van der Waals surface area contributed by atoms with Crippen LogP contribution in [0.2, 0.25) is 0 Å². The summed E-state index contributed by atoms with van der Waals surface area (Å²) in [6.45, 7) is 4.29. The Morgan fingerprint density at radius 1 is 1.19 bits per heavy atom. The number of ether oxygens (including phenoxy) is 1. The highest BCUT2D eigenvalue weighted by Crippen LogP contribution is 2.41. The van der Waals surface area contributed by atoms with Gasteiger partial charge in [0.1, 0.15) is 0 Å². The first-order chi connectivity index (χ1) is 13.0. The van der Waals surface area contributed by atoms with Crippen molar-refractivity contribution >= 4 is 17.7 Å². The van der Waals surface area contributed by atoms with E-state index in [2.05, 4.69) is 0 Å². The van der Waals surface area contributed by atoms with Gasteiger partial charge in [0, 0.05) is 70.7 Å². The Hall–Kier alpha value is -1.63. The van der Waals surface area contributed by atoms with Crippen LogP contribution in [0.5, 0.6) is 0 Å². The highest BCUT2D eigenvalue weighted by Gasteiger charge is 2.47. The van der Waals surface area contributed by atoms with Crippen LogP contribution in [-0.2, 0) is 19.1 Å². The summed E-state index contributed by atoms with van der Waals surface area (Å²) in [5.41, 5.74) is 0.0342. The van der Waals surface area contributed by atoms with Crippen LogP contribution in [0.25, 0.3) is 0 Å². The van der Waals surface area contributed by atoms with Crippen molar-refractivity contribution in [2.75, 3.05) is 46.4 Å². The molecule has 0 aromatic rings. The van der Waals surface area contributed by atoms with Gasteiger partial charge in [-0.1, -0.05) is 0 Å². The number of carbonyl (C=O) groups is 3. The molecule has 0 N–H and O–H groups in total. The molecule has 3 amide bonds. The summed E-state index contributed by atoms with van der Waals surface area (Å²) in [7, 11) is 1.68. The van der Waals surface area contributed by atoms with Crippen molar-refractivity contribution in [1.82, 2.24) is 14.7 Å². The lowest BCUT2D eigenvalue weighted by Gasteiger charge is -2.39. The van der Waals surface area contributed by atoms with E-state index >= 15 is 0 Å². The zero-order valence-corrected chi connectivity index (χ0v) is 16.3. The molecule has 27 heavy (non-hydrogen) atoms. The number of rotatable bonds is 6. The second-order valence-corrected chi connectivity index (χ2v) is 8.84. The van der Waals surface area contributed by atoms with E-state index in [-0.39, 0.29) is 29.1 Å². The zero-order chi connectivity index (χ0) is 19.0. The van der Waals surface area contributed by atoms with E-state index in [0.717, 1.165) is 45.2 Å². The first kappa shape index (κ1) is 18.7. The first-order valence-corrected chi connectivity index (χ1v) is 10.4. The van der Waals surface area contributed by atoms with E-state index in [9.17, 15) is 14.4 Å². The van der Waals surface area contributed by atoms with Crippen molar-refractivity contribution < 1.29 is 19.1 Å². The van der Waals surface area contributed by atoms with Crippen LogP contribution in [0.15, 0.2) is 0 Å². The predicted octanol–water partition coefficient (Wildman–Crippen LogP) is 0.875. The third kappa shape index (κ3) is 3.84. The number of carbonyl (C=O) groups excluding carboxylic acids is 3. The number of hydrogen-bond acceptors (Lipinski definition) is 4. The van der Waals surface area contributed by atoms with Gasteiger partial charge in [0.2, 0.25) is 17.7 Å². The lowest BCUT2D eigenvalue weighted by atomic mass is 9.77. The van der Waals surface area contributed by atoms with Crippen molar-refractivity contribution in [2.45, 2.75) is 51.0 Å². The maximum Gasteiger partial charge on any atom is 0.227 e. The molecule has 3 heterocycles. The minimum atomic E-state index is -0.164. The molecule has 0 aromatic heterocycles. The molecule has 1 aliphatic carbocycles. The van der Waals surface area contributed by atoms with Gasteiger partial charge in [-0.05, 0) is 32.1 Å². The predicted molar refractivity (Wildman–Crippen MR) is 98.8 cm³/mol. The molecule has 7 heteroatoms. The summed E-state index contributed by atoms with van der Waals surface area (Å²) < 4.78 is 5.09. The first-order valence-electron chi connectivity index (χ1n) is 10.4. The molecule has 4 aliphatic rings. The van der Waals surface area contributed by atoms with Crippen LogP contribution >= 0.6 is 0 Å². The smallest absolute Gasteiger partial charge is 0.227 e. The Morgan fingerprint density at radius 3 is 2.59 bits per heavy atom. The van der Waals surface area contributed by atoms with Crippen molar-refractivity contribution in [3.8, 4) is 0 Å². The Bertz CT molecular complexity index is 610. The topological polar surface area (TPSA) is 70.2 Å². The van der Waals surface area contributed by atoms with Gasteiger partial charge in [-0.25, -0.2) is 0 Å². The highest BCUT2D eigenvalue weighted by molar-refractivity contribution is 5.89. The summed E-state index contributed by atoms with van der Waals surface area (Å²) in [5.74, 6) is 0.371. The molecule has 0 bridgehead atoms. The summed E-state index contributed by atoms with van der Waals surface area (Å²) >= 11 is 0. The third-order valence-corrected chi connectivity index (χ3v) is 6.81. The number of hydrogen-bond donors (Lipinski definition) is 0. The average Bonchev–Trinajstić information content (AvgIpc) is 3.36. The summed E-state index contributed by atoms with van der Waals surface area (Å²) in [6.07, 6.45) is 5.82. The van der Waals surface area contributed by atoms with E-state index in [4.69, 9.17) is 4.74 Å². The van der Waals surface area contributed by atoms with Crippen molar-refractivity contribution in [2.24, 2.45) is 11.3 Å². The van der Waals surface area contributed by atoms with Crippen LogP contribution < -0.4 is 0 Å². The Kier molecular flexibility index (Phi) is 5.14. The maximum absolute atomic E-state index is 12.9. The van der Waals surface area contributed by atoms with Gasteiger partial charge >= 0.3 is 0 Å². The van der Waals surface area contributed by atoms with Crippen molar-refractivity contribution in [1.29, 1.82) is 0 Å². The quantitative estimate of drug-likeness (QED) is 0.644. The zero-order valence-electron chi connectivity index (χ0n) is 16.3. The van der Waals surface area contributed by atoms with Crippen molar-refractivity contribution in [3.05, 3.63) is 0 Å². The summed E-state index contributed by atoms with van der Waals surface area (Å²) in [6, 6.07) is 0.397. The van der Waals surface area contributed by atoms with Gasteiger partial charge < -0.3 is 19.4 Å². The second-order valence-electron chi connectivity index (χ2n) is 8.84. The average molecular weight is 377 g/mol. The molecule has 150 valence electrons. The lowest BCUT2D eigenvalue weighted by Crippen LogP contribution is -2.46. The molecule has 4 fully saturated rings. The monoisotopic (exact) mass is 377 g/mol. The molecule has 3 saturated heterocycles. The van der Waals surface area contributed by atoms with E-state index in [1.807, 2.05) is 14.7 Å². The summed E-state index contributed by atoms with van der Waals surface area (Å²) in [5, 5.41) is 0. The van der Waals surface area contributed by atoms with E-state index in [1.165, 1.54) is 0 Å². The standard InChI is InChI=1S/C20H31N3O4/c1-27-10-2-7-22-14-20(12-18(22)25)5-8-21(9-6-20)19(26)15-11-17(24)23(13-15)16-3-4-16/h15-16H,2-14H2,1H3/t15-/m1/s1. The minimum absolute atomic E-state index is 0.0342. The fourth-order valence-electron chi connectivity index (χ4n) is 5.02. The molecule has 4 rings (SSSR count). The van der Waals surface area contributed by atoms with Crippen molar-refractivity contribution in [3.63, 3.8) is 0 Å². The molecule has 0 unspecified atom stereocenters. The molecule has 1 spiro atoms. The van der Waals surface area contributed by atoms with Crippen LogP contribution in [0.1, 0.15) is 44.9 Å². The number of methoxy groups -OCH3 is 1. The number of nitrogens with zero attached hydrogens (tertiary/aromatic N) is 3. The molecule has 0 radical (unpaired) electrons. The van der Waals surface area contributed by atoms with Gasteiger partial charge in [0.15, 0.2) is 0 Å². The Labute approximate surface area is 161 Å². The van der Waals surface area contributed by atoms with E-state index in [0.29, 0.717) is 45.1 Å². The second kappa shape index (κ2) is 7.41. The SMILES string of the molecule is COCCCN1CC2(CCN(C(=O)[C@@H]3CC(=O)N(C4CC4)C3)CC2)CC1=O. The molecule has 3 aliphatic heterocycles. The molecular formula is C20H31N3O4. The van der Waals surface area contributed by atoms with E-state index < -0.39 is 0 Å². The number of piperidine rings is 1. The molecule has 0 aromatic carbocycles. The van der Waals surface area contributed by atoms with Crippen LogP contribution in [0.4, 0.5) is 0 Å². The van der Waals surface area contributed by atoms with Gasteiger partial charge in [-0.3, -0.25) is 14.4 Å². The summed E-state index contributed by atoms with van der Waals surface area (Å²) in [4.78, 5) is 43.2. The molecule has 1 atom stereocenters. The molecule has 7 nitrogen and oxygen atoms in total.